The fourth-order valence-electron chi connectivity index (χ4n) is 3.92. The zero-order valence-corrected chi connectivity index (χ0v) is 10.4. The first-order valence-electron chi connectivity index (χ1n) is 6.84. The average molecular weight is 251 g/mol. The van der Waals surface area contributed by atoms with E-state index in [9.17, 15) is 8.78 Å². The number of rotatable bonds is 3. The Balaban J connectivity index is 1.71. The lowest BCUT2D eigenvalue weighted by atomic mass is 9.83. The molecular formula is C15H19F2N. The van der Waals surface area contributed by atoms with Crippen LogP contribution in [-0.2, 0) is 0 Å². The maximum Gasteiger partial charge on any atom is 0.128 e. The molecule has 2 N–H and O–H groups in total. The molecule has 0 spiro atoms. The van der Waals surface area contributed by atoms with Crippen LogP contribution in [0.5, 0.6) is 0 Å². The van der Waals surface area contributed by atoms with Crippen molar-refractivity contribution < 1.29 is 8.78 Å². The minimum atomic E-state index is -0.408. The zero-order valence-electron chi connectivity index (χ0n) is 10.4. The average Bonchev–Trinajstić information content (AvgIpc) is 2.94. The molecule has 18 heavy (non-hydrogen) atoms. The van der Waals surface area contributed by atoms with Crippen molar-refractivity contribution in [2.24, 2.45) is 23.5 Å². The molecule has 2 aliphatic rings. The van der Waals surface area contributed by atoms with Crippen molar-refractivity contribution >= 4 is 0 Å². The summed E-state index contributed by atoms with van der Waals surface area (Å²) in [5, 5.41) is 0. The molecule has 98 valence electrons. The van der Waals surface area contributed by atoms with Gasteiger partial charge in [-0.1, -0.05) is 6.42 Å². The number of hydrogen-bond donors (Lipinski definition) is 1. The number of benzene rings is 1. The Labute approximate surface area is 106 Å². The van der Waals surface area contributed by atoms with Gasteiger partial charge in [0, 0.05) is 11.6 Å². The van der Waals surface area contributed by atoms with Gasteiger partial charge in [-0.2, -0.15) is 0 Å². The SMILES string of the molecule is NC(CC1CC2CCC1C2)c1cc(F)ccc1F. The van der Waals surface area contributed by atoms with E-state index in [-0.39, 0.29) is 11.9 Å². The molecule has 3 rings (SSSR count). The van der Waals surface area contributed by atoms with Gasteiger partial charge in [0.1, 0.15) is 11.6 Å². The quantitative estimate of drug-likeness (QED) is 0.869. The summed E-state index contributed by atoms with van der Waals surface area (Å²) in [6, 6.07) is 3.19. The second-order valence-corrected chi connectivity index (χ2v) is 5.94. The lowest BCUT2D eigenvalue weighted by Gasteiger charge is -2.25. The van der Waals surface area contributed by atoms with E-state index in [1.165, 1.54) is 37.8 Å². The van der Waals surface area contributed by atoms with Crippen molar-refractivity contribution in [3.8, 4) is 0 Å². The standard InChI is InChI=1S/C15H19F2N/c16-12-3-4-14(17)13(8-12)15(18)7-11-6-9-1-2-10(11)5-9/h3-4,8-11,15H,1-2,5-7,18H2. The number of fused-ring (bicyclic) bond motifs is 2. The van der Waals surface area contributed by atoms with Gasteiger partial charge in [0.05, 0.1) is 0 Å². The van der Waals surface area contributed by atoms with Crippen molar-refractivity contribution in [1.29, 1.82) is 0 Å². The number of nitrogens with two attached hydrogens (primary N) is 1. The molecule has 1 aromatic rings. The van der Waals surface area contributed by atoms with Gasteiger partial charge in [0.2, 0.25) is 0 Å². The lowest BCUT2D eigenvalue weighted by Crippen LogP contribution is -2.20. The first kappa shape index (κ1) is 12.1. The highest BCUT2D eigenvalue weighted by molar-refractivity contribution is 5.22. The van der Waals surface area contributed by atoms with Crippen LogP contribution in [-0.4, -0.2) is 0 Å². The summed E-state index contributed by atoms with van der Waals surface area (Å²) >= 11 is 0. The van der Waals surface area contributed by atoms with Gasteiger partial charge in [0.15, 0.2) is 0 Å². The minimum absolute atomic E-state index is 0.331. The first-order chi connectivity index (χ1) is 8.63. The van der Waals surface area contributed by atoms with E-state index < -0.39 is 5.82 Å². The Bertz CT molecular complexity index is 446. The molecular weight excluding hydrogens is 232 g/mol. The lowest BCUT2D eigenvalue weighted by molar-refractivity contribution is 0.294. The Morgan fingerprint density at radius 3 is 2.72 bits per heavy atom. The van der Waals surface area contributed by atoms with Crippen LogP contribution in [0.4, 0.5) is 8.78 Å². The third kappa shape index (κ3) is 2.16. The smallest absolute Gasteiger partial charge is 0.128 e. The Hall–Kier alpha value is -0.960. The summed E-state index contributed by atoms with van der Waals surface area (Å²) in [6.45, 7) is 0. The molecule has 1 aromatic carbocycles. The van der Waals surface area contributed by atoms with Crippen LogP contribution in [0.3, 0.4) is 0 Å². The summed E-state index contributed by atoms with van der Waals surface area (Å²) in [6.07, 6.45) is 6.00. The van der Waals surface area contributed by atoms with Crippen LogP contribution < -0.4 is 5.73 Å². The van der Waals surface area contributed by atoms with E-state index in [0.29, 0.717) is 11.5 Å². The van der Waals surface area contributed by atoms with Crippen LogP contribution in [0.25, 0.3) is 0 Å². The van der Waals surface area contributed by atoms with Crippen LogP contribution in [0.1, 0.15) is 43.7 Å². The van der Waals surface area contributed by atoms with Gasteiger partial charge in [0.25, 0.3) is 0 Å². The van der Waals surface area contributed by atoms with Gasteiger partial charge in [-0.15, -0.1) is 0 Å². The van der Waals surface area contributed by atoms with E-state index >= 15 is 0 Å². The van der Waals surface area contributed by atoms with E-state index in [1.807, 2.05) is 0 Å². The van der Waals surface area contributed by atoms with Crippen LogP contribution in [0, 0.1) is 29.4 Å². The minimum Gasteiger partial charge on any atom is -0.324 e. The summed E-state index contributed by atoms with van der Waals surface area (Å²) < 4.78 is 26.8. The summed E-state index contributed by atoms with van der Waals surface area (Å²) in [5.74, 6) is 1.46. The van der Waals surface area contributed by atoms with Gasteiger partial charge in [-0.3, -0.25) is 0 Å². The first-order valence-corrected chi connectivity index (χ1v) is 6.84. The van der Waals surface area contributed by atoms with Crippen molar-refractivity contribution in [2.75, 3.05) is 0 Å². The summed E-state index contributed by atoms with van der Waals surface area (Å²) in [4.78, 5) is 0. The fourth-order valence-corrected chi connectivity index (χ4v) is 3.92. The number of hydrogen-bond acceptors (Lipinski definition) is 1. The maximum atomic E-state index is 13.6. The molecule has 0 saturated heterocycles. The topological polar surface area (TPSA) is 26.0 Å². The highest BCUT2D eigenvalue weighted by Crippen LogP contribution is 2.50. The van der Waals surface area contributed by atoms with Crippen molar-refractivity contribution in [1.82, 2.24) is 0 Å². The molecule has 3 heteroatoms. The largest absolute Gasteiger partial charge is 0.324 e. The molecule has 2 bridgehead atoms. The van der Waals surface area contributed by atoms with Gasteiger partial charge < -0.3 is 5.73 Å². The molecule has 2 fully saturated rings. The third-order valence-electron chi connectivity index (χ3n) is 4.80. The van der Waals surface area contributed by atoms with E-state index in [0.717, 1.165) is 24.3 Å². The monoisotopic (exact) mass is 251 g/mol. The summed E-state index contributed by atoms with van der Waals surface area (Å²) in [5.41, 5.74) is 6.40. The predicted octanol–water partition coefficient (Wildman–Crippen LogP) is 3.79. The normalized spacial score (nSPS) is 31.8. The molecule has 2 aliphatic carbocycles. The zero-order chi connectivity index (χ0) is 12.7. The maximum absolute atomic E-state index is 13.6. The highest BCUT2D eigenvalue weighted by Gasteiger charge is 2.40. The molecule has 0 heterocycles. The molecule has 0 aromatic heterocycles. The molecule has 0 aliphatic heterocycles. The predicted molar refractivity (Wildman–Crippen MR) is 66.8 cm³/mol. The molecule has 4 unspecified atom stereocenters. The molecule has 0 radical (unpaired) electrons. The second-order valence-electron chi connectivity index (χ2n) is 5.94. The molecule has 1 nitrogen and oxygen atoms in total. The van der Waals surface area contributed by atoms with Crippen molar-refractivity contribution in [3.63, 3.8) is 0 Å². The Morgan fingerprint density at radius 2 is 2.06 bits per heavy atom. The Kier molecular flexibility index (Phi) is 3.10. The molecule has 4 atom stereocenters. The van der Waals surface area contributed by atoms with E-state index in [1.54, 1.807) is 0 Å². The Morgan fingerprint density at radius 1 is 1.22 bits per heavy atom. The summed E-state index contributed by atoms with van der Waals surface area (Å²) in [7, 11) is 0. The number of halogens is 2. The van der Waals surface area contributed by atoms with E-state index in [2.05, 4.69) is 0 Å². The third-order valence-corrected chi connectivity index (χ3v) is 4.80. The van der Waals surface area contributed by atoms with Crippen LogP contribution in [0.15, 0.2) is 18.2 Å². The van der Waals surface area contributed by atoms with Gasteiger partial charge >= 0.3 is 0 Å². The van der Waals surface area contributed by atoms with E-state index in [4.69, 9.17) is 5.73 Å². The van der Waals surface area contributed by atoms with Crippen molar-refractivity contribution in [3.05, 3.63) is 35.4 Å². The van der Waals surface area contributed by atoms with Gasteiger partial charge in [-0.05, 0) is 61.6 Å². The molecule has 2 saturated carbocycles. The second kappa shape index (κ2) is 4.61. The fraction of sp³-hybridized carbons (Fsp3) is 0.600. The van der Waals surface area contributed by atoms with Crippen LogP contribution >= 0.6 is 0 Å². The van der Waals surface area contributed by atoms with Gasteiger partial charge in [-0.25, -0.2) is 8.78 Å². The highest BCUT2D eigenvalue weighted by atomic mass is 19.1. The molecule has 0 amide bonds. The van der Waals surface area contributed by atoms with Crippen LogP contribution in [0.2, 0.25) is 0 Å². The van der Waals surface area contributed by atoms with Crippen molar-refractivity contribution in [2.45, 2.75) is 38.1 Å².